The third kappa shape index (κ3) is 4.19. The van der Waals surface area contributed by atoms with Crippen molar-refractivity contribution >= 4 is 17.8 Å². The fourth-order valence-corrected chi connectivity index (χ4v) is 5.72. The second kappa shape index (κ2) is 9.57. The summed E-state index contributed by atoms with van der Waals surface area (Å²) in [4.78, 5) is 46.1. The van der Waals surface area contributed by atoms with Crippen LogP contribution >= 0.6 is 0 Å². The lowest BCUT2D eigenvalue weighted by Gasteiger charge is -2.46. The van der Waals surface area contributed by atoms with Gasteiger partial charge in [-0.15, -0.1) is 0 Å². The van der Waals surface area contributed by atoms with Crippen molar-refractivity contribution in [1.82, 2.24) is 15.2 Å². The molecular weight excluding hydrogens is 430 g/mol. The molecule has 0 spiro atoms. The van der Waals surface area contributed by atoms with Gasteiger partial charge in [-0.3, -0.25) is 14.6 Å². The molecule has 1 aliphatic carbocycles. The summed E-state index contributed by atoms with van der Waals surface area (Å²) in [5, 5.41) is 13.4. The van der Waals surface area contributed by atoms with Crippen molar-refractivity contribution in [3.63, 3.8) is 0 Å². The van der Waals surface area contributed by atoms with Crippen LogP contribution in [-0.4, -0.2) is 44.9 Å². The number of hydrogen-bond acceptors (Lipinski definition) is 4. The second-order valence-electron chi connectivity index (χ2n) is 9.56. The van der Waals surface area contributed by atoms with Gasteiger partial charge in [-0.05, 0) is 55.7 Å². The minimum absolute atomic E-state index is 0.106. The molecule has 7 heteroatoms. The average Bonchev–Trinajstić information content (AvgIpc) is 3.23. The fourth-order valence-electron chi connectivity index (χ4n) is 5.72. The summed E-state index contributed by atoms with van der Waals surface area (Å²) >= 11 is 0. The Kier molecular flexibility index (Phi) is 6.73. The molecule has 1 aliphatic heterocycles. The molecule has 0 saturated carbocycles. The molecule has 4 rings (SSSR count). The van der Waals surface area contributed by atoms with Crippen LogP contribution in [-0.2, 0) is 27.2 Å². The number of aromatic nitrogens is 1. The molecule has 1 saturated heterocycles. The first kappa shape index (κ1) is 23.9. The Morgan fingerprint density at radius 3 is 2.24 bits per heavy atom. The van der Waals surface area contributed by atoms with Crippen LogP contribution in [0.25, 0.3) is 0 Å². The number of amides is 2. The third-order valence-corrected chi connectivity index (χ3v) is 7.51. The van der Waals surface area contributed by atoms with Crippen molar-refractivity contribution in [3.8, 4) is 0 Å². The summed E-state index contributed by atoms with van der Waals surface area (Å²) in [5.74, 6) is -1.99. The molecule has 2 amide bonds. The van der Waals surface area contributed by atoms with Crippen LogP contribution in [0.5, 0.6) is 0 Å². The van der Waals surface area contributed by atoms with Crippen LogP contribution < -0.4 is 5.32 Å². The van der Waals surface area contributed by atoms with Gasteiger partial charge in [0, 0.05) is 17.0 Å². The molecule has 180 valence electrons. The van der Waals surface area contributed by atoms with Crippen LogP contribution in [0, 0.1) is 25.7 Å². The number of aliphatic carboxylic acids is 1. The summed E-state index contributed by atoms with van der Waals surface area (Å²) in [6, 6.07) is 8.66. The number of nitrogens with one attached hydrogen (secondary N) is 1. The van der Waals surface area contributed by atoms with Crippen LogP contribution in [0.15, 0.2) is 36.4 Å². The molecule has 1 fully saturated rings. The highest BCUT2D eigenvalue weighted by molar-refractivity contribution is 5.99. The molecule has 1 aromatic carbocycles. The van der Waals surface area contributed by atoms with E-state index in [9.17, 15) is 19.5 Å². The van der Waals surface area contributed by atoms with E-state index in [1.165, 1.54) is 16.0 Å². The number of fused-ring (bicyclic) bond motifs is 1. The lowest BCUT2D eigenvalue weighted by atomic mass is 9.84. The number of aryl methyl sites for hydroxylation is 2. The molecule has 1 aromatic heterocycles. The predicted molar refractivity (Wildman–Crippen MR) is 128 cm³/mol. The number of nitrogens with zero attached hydrogens (tertiary/aromatic N) is 2. The van der Waals surface area contributed by atoms with Gasteiger partial charge in [0.15, 0.2) is 6.04 Å². The number of benzene rings is 1. The van der Waals surface area contributed by atoms with Crippen molar-refractivity contribution < 1.29 is 19.5 Å². The molecule has 3 atom stereocenters. The summed E-state index contributed by atoms with van der Waals surface area (Å²) in [7, 11) is 0. The van der Waals surface area contributed by atoms with Crippen LogP contribution in [0.1, 0.15) is 60.8 Å². The molecule has 1 unspecified atom stereocenters. The van der Waals surface area contributed by atoms with E-state index in [0.29, 0.717) is 36.9 Å². The van der Waals surface area contributed by atoms with Crippen molar-refractivity contribution in [2.45, 2.75) is 71.5 Å². The van der Waals surface area contributed by atoms with E-state index >= 15 is 0 Å². The smallest absolute Gasteiger partial charge is 0.331 e. The number of carbonyl (C=O) groups excluding carboxylic acids is 2. The van der Waals surface area contributed by atoms with Gasteiger partial charge in [-0.1, -0.05) is 57.0 Å². The standard InChI is InChI=1S/C27H33N3O4/c1-5-17(6-2)23-25(31)29-22(20-13-18-9-7-8-10-19(18)14-20)26(32)30(23)24(27(33)34)21-12-11-15(3)28-16(21)4/h7-12,17,20,22-24H,5-6,13-14H2,1-4H3,(H,29,31)(H,33,34)/t22-,23-,24?/m1/s1. The Hall–Kier alpha value is -3.22. The Labute approximate surface area is 200 Å². The largest absolute Gasteiger partial charge is 0.479 e. The lowest BCUT2D eigenvalue weighted by molar-refractivity contribution is -0.164. The van der Waals surface area contributed by atoms with Gasteiger partial charge in [-0.25, -0.2) is 4.79 Å². The highest BCUT2D eigenvalue weighted by atomic mass is 16.4. The zero-order chi connectivity index (χ0) is 24.6. The Morgan fingerprint density at radius 2 is 1.71 bits per heavy atom. The number of rotatable bonds is 7. The number of carboxylic acid groups (broad SMARTS) is 1. The van der Waals surface area contributed by atoms with Gasteiger partial charge in [0.05, 0.1) is 0 Å². The molecule has 7 nitrogen and oxygen atoms in total. The third-order valence-electron chi connectivity index (χ3n) is 7.51. The topological polar surface area (TPSA) is 99.6 Å². The first-order valence-electron chi connectivity index (χ1n) is 12.1. The molecule has 0 bridgehead atoms. The zero-order valence-corrected chi connectivity index (χ0v) is 20.2. The van der Waals surface area contributed by atoms with Crippen LogP contribution in [0.3, 0.4) is 0 Å². The maximum atomic E-state index is 14.1. The van der Waals surface area contributed by atoms with Gasteiger partial charge in [0.2, 0.25) is 11.8 Å². The summed E-state index contributed by atoms with van der Waals surface area (Å²) in [6.07, 6.45) is 2.68. The van der Waals surface area contributed by atoms with Gasteiger partial charge in [-0.2, -0.15) is 0 Å². The van der Waals surface area contributed by atoms with E-state index in [1.54, 1.807) is 19.1 Å². The lowest BCUT2D eigenvalue weighted by Crippen LogP contribution is -2.68. The maximum absolute atomic E-state index is 14.1. The number of carboxylic acids is 1. The number of piperazine rings is 1. The van der Waals surface area contributed by atoms with Gasteiger partial charge in [0.1, 0.15) is 12.1 Å². The molecule has 2 aliphatic rings. The summed E-state index contributed by atoms with van der Waals surface area (Å²) < 4.78 is 0. The Morgan fingerprint density at radius 1 is 1.09 bits per heavy atom. The van der Waals surface area contributed by atoms with Gasteiger partial charge < -0.3 is 15.3 Å². The highest BCUT2D eigenvalue weighted by Gasteiger charge is 2.51. The Bertz CT molecular complexity index is 1090. The maximum Gasteiger partial charge on any atom is 0.331 e. The summed E-state index contributed by atoms with van der Waals surface area (Å²) in [6.45, 7) is 7.54. The van der Waals surface area contributed by atoms with Crippen molar-refractivity contribution in [1.29, 1.82) is 0 Å². The fraction of sp³-hybridized carbons (Fsp3) is 0.481. The molecule has 2 N–H and O–H groups in total. The normalized spacial score (nSPS) is 21.5. The second-order valence-corrected chi connectivity index (χ2v) is 9.56. The molecule has 0 radical (unpaired) electrons. The molecule has 34 heavy (non-hydrogen) atoms. The van der Waals surface area contributed by atoms with E-state index in [2.05, 4.69) is 22.4 Å². The minimum Gasteiger partial charge on any atom is -0.479 e. The average molecular weight is 464 g/mol. The quantitative estimate of drug-likeness (QED) is 0.656. The van der Waals surface area contributed by atoms with E-state index in [-0.39, 0.29) is 23.7 Å². The molecular formula is C27H33N3O4. The van der Waals surface area contributed by atoms with E-state index in [0.717, 1.165) is 5.69 Å². The predicted octanol–water partition coefficient (Wildman–Crippen LogP) is 3.37. The monoisotopic (exact) mass is 463 g/mol. The highest BCUT2D eigenvalue weighted by Crippen LogP contribution is 2.37. The summed E-state index contributed by atoms with van der Waals surface area (Å²) in [5.41, 5.74) is 4.13. The first-order valence-corrected chi connectivity index (χ1v) is 12.1. The van der Waals surface area contributed by atoms with Crippen molar-refractivity contribution in [2.24, 2.45) is 11.8 Å². The first-order chi connectivity index (χ1) is 16.3. The van der Waals surface area contributed by atoms with E-state index < -0.39 is 24.1 Å². The minimum atomic E-state index is -1.27. The Balaban J connectivity index is 1.78. The van der Waals surface area contributed by atoms with Gasteiger partial charge >= 0.3 is 5.97 Å². The zero-order valence-electron chi connectivity index (χ0n) is 20.2. The molecule has 2 heterocycles. The van der Waals surface area contributed by atoms with E-state index in [1.807, 2.05) is 32.9 Å². The number of hydrogen-bond donors (Lipinski definition) is 2. The number of pyridine rings is 1. The van der Waals surface area contributed by atoms with Crippen LogP contribution in [0.2, 0.25) is 0 Å². The van der Waals surface area contributed by atoms with Crippen molar-refractivity contribution in [2.75, 3.05) is 0 Å². The van der Waals surface area contributed by atoms with E-state index in [4.69, 9.17) is 0 Å². The SMILES string of the molecule is CCC(CC)[C@@H]1C(=O)N[C@H](C2Cc3ccccc3C2)C(=O)N1C(C(=O)O)c1ccc(C)nc1C. The van der Waals surface area contributed by atoms with Crippen LogP contribution in [0.4, 0.5) is 0 Å². The number of carbonyl (C=O) groups is 3. The van der Waals surface area contributed by atoms with Crippen molar-refractivity contribution in [3.05, 3.63) is 64.5 Å². The molecule has 2 aromatic rings. The van der Waals surface area contributed by atoms with Gasteiger partial charge in [0.25, 0.3) is 0 Å².